The van der Waals surface area contributed by atoms with E-state index in [2.05, 4.69) is 29.1 Å². The lowest BCUT2D eigenvalue weighted by Gasteiger charge is -2.17. The molecule has 24 heavy (non-hydrogen) atoms. The molecular formula is C18H25N3O2S. The van der Waals surface area contributed by atoms with Crippen LogP contribution in [0.2, 0.25) is 0 Å². The minimum absolute atomic E-state index is 0.00409. The van der Waals surface area contributed by atoms with Gasteiger partial charge in [0, 0.05) is 23.8 Å². The standard InChI is InChI=1S/C18H25N3O2S/c1-10(2)11(3)19-15(22)9-8-14-20-17(23)16-12-6-4-5-7-13(12)24-18(16)21-14/h10-11H,4-9H2,1-3H3,(H,19,22)(H,20,21,23)/t11-/m0/s1. The number of aryl methyl sites for hydroxylation is 3. The van der Waals surface area contributed by atoms with Gasteiger partial charge in [0.15, 0.2) is 0 Å². The molecule has 0 unspecified atom stereocenters. The average molecular weight is 347 g/mol. The van der Waals surface area contributed by atoms with Gasteiger partial charge in [0.05, 0.1) is 5.39 Å². The highest BCUT2D eigenvalue weighted by molar-refractivity contribution is 7.18. The number of nitrogens with one attached hydrogen (secondary N) is 2. The van der Waals surface area contributed by atoms with Crippen molar-refractivity contribution in [3.63, 3.8) is 0 Å². The fraction of sp³-hybridized carbons (Fsp3) is 0.611. The Hall–Kier alpha value is -1.69. The van der Waals surface area contributed by atoms with Crippen molar-refractivity contribution in [2.75, 3.05) is 0 Å². The van der Waals surface area contributed by atoms with E-state index in [0.29, 0.717) is 24.6 Å². The molecule has 0 saturated heterocycles. The van der Waals surface area contributed by atoms with Crippen molar-refractivity contribution in [2.45, 2.75) is 65.3 Å². The third-order valence-corrected chi connectivity index (χ3v) is 6.04. The number of carbonyl (C=O) groups is 1. The Kier molecular flexibility index (Phi) is 5.04. The molecule has 5 nitrogen and oxygen atoms in total. The first-order valence-electron chi connectivity index (χ1n) is 8.78. The van der Waals surface area contributed by atoms with Gasteiger partial charge in [-0.2, -0.15) is 0 Å². The van der Waals surface area contributed by atoms with Crippen molar-refractivity contribution < 1.29 is 4.79 Å². The summed E-state index contributed by atoms with van der Waals surface area (Å²) < 4.78 is 0. The first-order chi connectivity index (χ1) is 11.5. The van der Waals surface area contributed by atoms with E-state index in [1.807, 2.05) is 6.92 Å². The highest BCUT2D eigenvalue weighted by atomic mass is 32.1. The SMILES string of the molecule is CC(C)[C@H](C)NC(=O)CCc1nc2sc3c(c2c(=O)[nH]1)CCCC3. The summed E-state index contributed by atoms with van der Waals surface area (Å²) in [6.07, 6.45) is 5.18. The summed E-state index contributed by atoms with van der Waals surface area (Å²) in [6, 6.07) is 0.149. The molecule has 0 fully saturated rings. The Balaban J connectivity index is 1.74. The van der Waals surface area contributed by atoms with Crippen molar-refractivity contribution in [1.29, 1.82) is 0 Å². The fourth-order valence-electron chi connectivity index (χ4n) is 3.05. The van der Waals surface area contributed by atoms with Gasteiger partial charge in [0.2, 0.25) is 5.91 Å². The fourth-order valence-corrected chi connectivity index (χ4v) is 4.33. The van der Waals surface area contributed by atoms with E-state index < -0.39 is 0 Å². The highest BCUT2D eigenvalue weighted by Crippen LogP contribution is 2.33. The van der Waals surface area contributed by atoms with E-state index in [0.717, 1.165) is 29.5 Å². The molecule has 0 bridgehead atoms. The molecule has 1 aliphatic carbocycles. The molecule has 0 aromatic carbocycles. The zero-order valence-electron chi connectivity index (χ0n) is 14.6. The maximum atomic E-state index is 12.5. The topological polar surface area (TPSA) is 74.8 Å². The van der Waals surface area contributed by atoms with E-state index in [1.54, 1.807) is 11.3 Å². The van der Waals surface area contributed by atoms with Gasteiger partial charge in [0.1, 0.15) is 10.7 Å². The molecule has 2 aromatic rings. The van der Waals surface area contributed by atoms with Gasteiger partial charge in [-0.1, -0.05) is 13.8 Å². The zero-order valence-corrected chi connectivity index (χ0v) is 15.4. The smallest absolute Gasteiger partial charge is 0.259 e. The van der Waals surface area contributed by atoms with Gasteiger partial charge in [0.25, 0.3) is 5.56 Å². The minimum Gasteiger partial charge on any atom is -0.353 e. The molecule has 1 aliphatic rings. The molecule has 0 aliphatic heterocycles. The van der Waals surface area contributed by atoms with E-state index in [9.17, 15) is 9.59 Å². The molecule has 3 rings (SSSR count). The first kappa shape index (κ1) is 17.1. The Morgan fingerprint density at radius 1 is 1.29 bits per heavy atom. The molecule has 1 atom stereocenters. The maximum Gasteiger partial charge on any atom is 0.259 e. The van der Waals surface area contributed by atoms with Crippen LogP contribution in [-0.2, 0) is 24.1 Å². The molecule has 2 N–H and O–H groups in total. The van der Waals surface area contributed by atoms with E-state index in [4.69, 9.17) is 0 Å². The third kappa shape index (κ3) is 3.53. The molecule has 2 aromatic heterocycles. The number of fused-ring (bicyclic) bond motifs is 3. The average Bonchev–Trinajstić information content (AvgIpc) is 2.91. The molecule has 2 heterocycles. The van der Waals surface area contributed by atoms with Crippen LogP contribution in [0.1, 0.15) is 56.3 Å². The van der Waals surface area contributed by atoms with Crippen molar-refractivity contribution in [1.82, 2.24) is 15.3 Å². The monoisotopic (exact) mass is 347 g/mol. The van der Waals surface area contributed by atoms with Crippen LogP contribution in [0, 0.1) is 5.92 Å². The Morgan fingerprint density at radius 2 is 2.04 bits per heavy atom. The zero-order chi connectivity index (χ0) is 17.3. The van der Waals surface area contributed by atoms with Gasteiger partial charge in [-0.15, -0.1) is 11.3 Å². The number of H-pyrrole nitrogens is 1. The van der Waals surface area contributed by atoms with Crippen molar-refractivity contribution in [3.8, 4) is 0 Å². The summed E-state index contributed by atoms with van der Waals surface area (Å²) in [5, 5.41) is 3.76. The Labute approximate surface area is 145 Å². The van der Waals surface area contributed by atoms with Crippen molar-refractivity contribution >= 4 is 27.5 Å². The predicted octanol–water partition coefficient (Wildman–Crippen LogP) is 2.96. The predicted molar refractivity (Wildman–Crippen MR) is 97.6 cm³/mol. The number of thiophene rings is 1. The van der Waals surface area contributed by atoms with Gasteiger partial charge in [-0.25, -0.2) is 4.98 Å². The number of rotatable bonds is 5. The van der Waals surface area contributed by atoms with Gasteiger partial charge < -0.3 is 10.3 Å². The van der Waals surface area contributed by atoms with Crippen LogP contribution in [0.5, 0.6) is 0 Å². The number of hydrogen-bond donors (Lipinski definition) is 2. The summed E-state index contributed by atoms with van der Waals surface area (Å²) >= 11 is 1.65. The number of carbonyl (C=O) groups excluding carboxylic acids is 1. The molecule has 1 amide bonds. The van der Waals surface area contributed by atoms with Crippen LogP contribution in [0.25, 0.3) is 10.2 Å². The van der Waals surface area contributed by atoms with Gasteiger partial charge >= 0.3 is 0 Å². The highest BCUT2D eigenvalue weighted by Gasteiger charge is 2.20. The number of aromatic nitrogens is 2. The van der Waals surface area contributed by atoms with E-state index in [-0.39, 0.29) is 17.5 Å². The molecule has 0 spiro atoms. The third-order valence-electron chi connectivity index (χ3n) is 4.85. The normalized spacial score (nSPS) is 15.5. The maximum absolute atomic E-state index is 12.5. The van der Waals surface area contributed by atoms with Gasteiger partial charge in [-0.3, -0.25) is 9.59 Å². The number of hydrogen-bond acceptors (Lipinski definition) is 4. The van der Waals surface area contributed by atoms with E-state index in [1.165, 1.54) is 16.9 Å². The lowest BCUT2D eigenvalue weighted by Crippen LogP contribution is -2.36. The van der Waals surface area contributed by atoms with E-state index >= 15 is 0 Å². The Bertz CT molecular complexity index is 806. The molecule has 0 saturated carbocycles. The quantitative estimate of drug-likeness (QED) is 0.873. The summed E-state index contributed by atoms with van der Waals surface area (Å²) in [5.74, 6) is 1.02. The molecular weight excluding hydrogens is 322 g/mol. The first-order valence-corrected chi connectivity index (χ1v) is 9.60. The second-order valence-corrected chi connectivity index (χ2v) is 8.09. The summed E-state index contributed by atoms with van der Waals surface area (Å²) in [4.78, 5) is 34.1. The Morgan fingerprint density at radius 3 is 2.79 bits per heavy atom. The second kappa shape index (κ2) is 7.05. The van der Waals surface area contributed by atoms with Crippen LogP contribution >= 0.6 is 11.3 Å². The molecule has 6 heteroatoms. The van der Waals surface area contributed by atoms with Crippen LogP contribution in [-0.4, -0.2) is 21.9 Å². The lowest BCUT2D eigenvalue weighted by atomic mass is 9.97. The second-order valence-electron chi connectivity index (χ2n) is 7.00. The van der Waals surface area contributed by atoms with Crippen molar-refractivity contribution in [2.24, 2.45) is 5.92 Å². The summed E-state index contributed by atoms with van der Waals surface area (Å²) in [6.45, 7) is 6.16. The number of aromatic amines is 1. The number of amides is 1. The van der Waals surface area contributed by atoms with Crippen LogP contribution in [0.15, 0.2) is 4.79 Å². The minimum atomic E-state index is -0.0506. The van der Waals surface area contributed by atoms with Crippen molar-refractivity contribution in [3.05, 3.63) is 26.6 Å². The van der Waals surface area contributed by atoms with Gasteiger partial charge in [-0.05, 0) is 44.1 Å². The molecule has 130 valence electrons. The summed E-state index contributed by atoms with van der Waals surface area (Å²) in [5.41, 5.74) is 1.15. The number of nitrogens with zero attached hydrogens (tertiary/aromatic N) is 1. The summed E-state index contributed by atoms with van der Waals surface area (Å²) in [7, 11) is 0. The largest absolute Gasteiger partial charge is 0.353 e. The van der Waals surface area contributed by atoms with Crippen LogP contribution in [0.3, 0.4) is 0 Å². The molecule has 0 radical (unpaired) electrons. The van der Waals surface area contributed by atoms with Crippen LogP contribution < -0.4 is 10.9 Å². The van der Waals surface area contributed by atoms with Crippen LogP contribution in [0.4, 0.5) is 0 Å². The lowest BCUT2D eigenvalue weighted by molar-refractivity contribution is -0.121.